The molecular formula is C14H14F3NO. The predicted molar refractivity (Wildman–Crippen MR) is 64.8 cm³/mol. The number of alkyl halides is 3. The van der Waals surface area contributed by atoms with Crippen LogP contribution in [0.2, 0.25) is 0 Å². The van der Waals surface area contributed by atoms with E-state index in [9.17, 15) is 18.0 Å². The highest BCUT2D eigenvalue weighted by atomic mass is 19.4. The van der Waals surface area contributed by atoms with Crippen LogP contribution in [-0.2, 0) is 11.0 Å². The molecule has 1 aromatic carbocycles. The van der Waals surface area contributed by atoms with E-state index in [1.807, 2.05) is 0 Å². The van der Waals surface area contributed by atoms with Crippen LogP contribution in [0.5, 0.6) is 0 Å². The summed E-state index contributed by atoms with van der Waals surface area (Å²) in [6.07, 6.45) is -0.436. The van der Waals surface area contributed by atoms with Crippen molar-refractivity contribution in [3.05, 3.63) is 29.3 Å². The molecule has 0 spiro atoms. The molecule has 5 heteroatoms. The molecule has 1 unspecified atom stereocenters. The Balaban J connectivity index is 1.95. The Bertz CT molecular complexity index is 520. The van der Waals surface area contributed by atoms with Crippen molar-refractivity contribution in [1.82, 2.24) is 0 Å². The zero-order chi connectivity index (χ0) is 13.6. The number of fused-ring (bicyclic) bond motifs is 1. The van der Waals surface area contributed by atoms with Crippen molar-refractivity contribution in [2.75, 3.05) is 5.32 Å². The Labute approximate surface area is 109 Å². The van der Waals surface area contributed by atoms with Gasteiger partial charge in [-0.1, -0.05) is 31.4 Å². The van der Waals surface area contributed by atoms with Gasteiger partial charge in [0.05, 0.1) is 17.2 Å². The van der Waals surface area contributed by atoms with E-state index in [0.717, 1.165) is 25.3 Å². The monoisotopic (exact) mass is 269 g/mol. The van der Waals surface area contributed by atoms with Gasteiger partial charge < -0.3 is 5.32 Å². The van der Waals surface area contributed by atoms with Crippen molar-refractivity contribution in [2.45, 2.75) is 37.8 Å². The van der Waals surface area contributed by atoms with Crippen LogP contribution in [0.15, 0.2) is 18.2 Å². The molecule has 1 aliphatic heterocycles. The summed E-state index contributed by atoms with van der Waals surface area (Å²) in [5.74, 6) is -0.225. The number of carbonyl (C=O) groups is 1. The Morgan fingerprint density at radius 3 is 2.58 bits per heavy atom. The lowest BCUT2D eigenvalue weighted by Crippen LogP contribution is -2.19. The average molecular weight is 269 g/mol. The summed E-state index contributed by atoms with van der Waals surface area (Å²) in [6, 6.07) is 4.03. The molecule has 0 aromatic heterocycles. The first kappa shape index (κ1) is 12.5. The van der Waals surface area contributed by atoms with Crippen molar-refractivity contribution in [3.8, 4) is 0 Å². The summed E-state index contributed by atoms with van der Waals surface area (Å²) in [6.45, 7) is 0. The second-order valence-electron chi connectivity index (χ2n) is 5.34. The van der Waals surface area contributed by atoms with Crippen molar-refractivity contribution in [2.24, 2.45) is 5.92 Å². The van der Waals surface area contributed by atoms with Crippen molar-refractivity contribution in [1.29, 1.82) is 0 Å². The summed E-state index contributed by atoms with van der Waals surface area (Å²) >= 11 is 0. The van der Waals surface area contributed by atoms with Gasteiger partial charge in [-0.2, -0.15) is 13.2 Å². The minimum Gasteiger partial charge on any atom is -0.325 e. The molecule has 1 fully saturated rings. The van der Waals surface area contributed by atoms with Crippen molar-refractivity contribution >= 4 is 11.6 Å². The van der Waals surface area contributed by atoms with E-state index < -0.39 is 17.7 Å². The van der Waals surface area contributed by atoms with Crippen LogP contribution in [0.4, 0.5) is 18.9 Å². The molecule has 102 valence electrons. The molecule has 1 aliphatic carbocycles. The minimum atomic E-state index is -4.43. The fraction of sp³-hybridized carbons (Fsp3) is 0.500. The molecule has 1 amide bonds. The van der Waals surface area contributed by atoms with Gasteiger partial charge in [-0.3, -0.25) is 4.79 Å². The van der Waals surface area contributed by atoms with Crippen LogP contribution < -0.4 is 5.32 Å². The molecule has 2 nitrogen and oxygen atoms in total. The number of anilines is 1. The summed E-state index contributed by atoms with van der Waals surface area (Å²) < 4.78 is 38.7. The van der Waals surface area contributed by atoms with E-state index in [2.05, 4.69) is 5.32 Å². The molecule has 1 atom stereocenters. The molecule has 2 aliphatic rings. The van der Waals surface area contributed by atoms with Gasteiger partial charge in [0.2, 0.25) is 5.91 Å². The molecule has 1 heterocycles. The maximum absolute atomic E-state index is 12.9. The Hall–Kier alpha value is -1.52. The van der Waals surface area contributed by atoms with Gasteiger partial charge in [0.25, 0.3) is 0 Å². The first-order valence-electron chi connectivity index (χ1n) is 6.48. The van der Waals surface area contributed by atoms with Gasteiger partial charge in [-0.05, 0) is 24.0 Å². The number of rotatable bonds is 2. The molecule has 0 bridgehead atoms. The second kappa shape index (κ2) is 4.25. The van der Waals surface area contributed by atoms with Crippen LogP contribution >= 0.6 is 0 Å². The molecule has 1 aromatic rings. The Morgan fingerprint density at radius 2 is 2.00 bits per heavy atom. The van der Waals surface area contributed by atoms with E-state index in [0.29, 0.717) is 17.9 Å². The Morgan fingerprint density at radius 1 is 1.26 bits per heavy atom. The highest BCUT2D eigenvalue weighted by Gasteiger charge is 2.41. The normalized spacial score (nSPS) is 22.9. The van der Waals surface area contributed by atoms with E-state index in [-0.39, 0.29) is 11.6 Å². The number of carbonyl (C=O) groups excluding carboxylic acids is 1. The maximum Gasteiger partial charge on any atom is 0.418 e. The van der Waals surface area contributed by atoms with Gasteiger partial charge >= 0.3 is 6.18 Å². The molecule has 1 saturated carbocycles. The van der Waals surface area contributed by atoms with Gasteiger partial charge in [0, 0.05) is 0 Å². The zero-order valence-electron chi connectivity index (χ0n) is 10.3. The molecule has 0 radical (unpaired) electrons. The maximum atomic E-state index is 12.9. The van der Waals surface area contributed by atoms with Crippen LogP contribution in [0, 0.1) is 5.92 Å². The standard InChI is InChI=1S/C14H14F3NO/c15-14(16,17)11-6-2-5-9-10(7-8-3-1-4-8)13(19)18-12(9)11/h2,5-6,8,10H,1,3-4,7H2,(H,18,19). The van der Waals surface area contributed by atoms with Crippen molar-refractivity contribution < 1.29 is 18.0 Å². The molecule has 0 saturated heterocycles. The summed E-state index contributed by atoms with van der Waals surface area (Å²) in [7, 11) is 0. The zero-order valence-corrected chi connectivity index (χ0v) is 10.3. The van der Waals surface area contributed by atoms with Gasteiger partial charge in [0.1, 0.15) is 0 Å². The van der Waals surface area contributed by atoms with E-state index in [1.54, 1.807) is 6.07 Å². The van der Waals surface area contributed by atoms with Crippen molar-refractivity contribution in [3.63, 3.8) is 0 Å². The van der Waals surface area contributed by atoms with E-state index in [4.69, 9.17) is 0 Å². The molecular weight excluding hydrogens is 255 g/mol. The first-order valence-corrected chi connectivity index (χ1v) is 6.48. The number of hydrogen-bond acceptors (Lipinski definition) is 1. The number of para-hydroxylation sites is 1. The molecule has 19 heavy (non-hydrogen) atoms. The third-order valence-corrected chi connectivity index (χ3v) is 4.14. The van der Waals surface area contributed by atoms with Gasteiger partial charge in [0.15, 0.2) is 0 Å². The number of hydrogen-bond donors (Lipinski definition) is 1. The molecule has 1 N–H and O–H groups in total. The third kappa shape index (κ3) is 2.11. The topological polar surface area (TPSA) is 29.1 Å². The van der Waals surface area contributed by atoms with Gasteiger partial charge in [-0.15, -0.1) is 0 Å². The van der Waals surface area contributed by atoms with Crippen LogP contribution in [0.1, 0.15) is 42.7 Å². The summed E-state index contributed by atoms with van der Waals surface area (Å²) in [5.41, 5.74) is -0.273. The first-order chi connectivity index (χ1) is 8.97. The summed E-state index contributed by atoms with van der Waals surface area (Å²) in [5, 5.41) is 2.42. The lowest BCUT2D eigenvalue weighted by Gasteiger charge is -2.27. The van der Waals surface area contributed by atoms with Gasteiger partial charge in [-0.25, -0.2) is 0 Å². The number of amides is 1. The smallest absolute Gasteiger partial charge is 0.325 e. The Kier molecular flexibility index (Phi) is 2.80. The molecule has 3 rings (SSSR count). The SMILES string of the molecule is O=C1Nc2c(cccc2C(F)(F)F)C1CC1CCC1. The fourth-order valence-electron chi connectivity index (χ4n) is 2.88. The predicted octanol–water partition coefficient (Wildman–Crippen LogP) is 3.93. The highest BCUT2D eigenvalue weighted by Crippen LogP contribution is 2.46. The number of halogens is 3. The number of nitrogens with one attached hydrogen (secondary N) is 1. The third-order valence-electron chi connectivity index (χ3n) is 4.14. The minimum absolute atomic E-state index is 0.0377. The quantitative estimate of drug-likeness (QED) is 0.866. The van der Waals surface area contributed by atoms with E-state index >= 15 is 0 Å². The fourth-order valence-corrected chi connectivity index (χ4v) is 2.88. The van der Waals surface area contributed by atoms with E-state index in [1.165, 1.54) is 6.07 Å². The average Bonchev–Trinajstić information content (AvgIpc) is 2.57. The number of benzene rings is 1. The van der Waals surface area contributed by atoms with Crippen LogP contribution in [0.25, 0.3) is 0 Å². The lowest BCUT2D eigenvalue weighted by molar-refractivity contribution is -0.136. The largest absolute Gasteiger partial charge is 0.418 e. The van der Waals surface area contributed by atoms with Crippen LogP contribution in [-0.4, -0.2) is 5.91 Å². The van der Waals surface area contributed by atoms with Crippen LogP contribution in [0.3, 0.4) is 0 Å². The highest BCUT2D eigenvalue weighted by molar-refractivity contribution is 6.03. The summed E-state index contributed by atoms with van der Waals surface area (Å²) in [4.78, 5) is 11.9. The lowest BCUT2D eigenvalue weighted by atomic mass is 9.77. The second-order valence-corrected chi connectivity index (χ2v) is 5.34.